The predicted octanol–water partition coefficient (Wildman–Crippen LogP) is 4.17. The number of pyridine rings is 1. The Hall–Kier alpha value is -3.30. The molecule has 34 heavy (non-hydrogen) atoms. The maximum Gasteiger partial charge on any atom is 0.290 e. The van der Waals surface area contributed by atoms with E-state index in [-0.39, 0.29) is 11.1 Å². The molecule has 0 atom stereocenters. The number of imide groups is 1. The molecule has 174 valence electrons. The van der Waals surface area contributed by atoms with Crippen LogP contribution in [0.25, 0.3) is 17.0 Å². The fourth-order valence-corrected chi connectivity index (χ4v) is 5.16. The normalized spacial score (nSPS) is 21.7. The van der Waals surface area contributed by atoms with E-state index in [4.69, 9.17) is 0 Å². The molecule has 1 aliphatic heterocycles. The van der Waals surface area contributed by atoms with Crippen molar-refractivity contribution in [3.8, 4) is 0 Å². The standard InChI is InChI=1S/C25H26N6O2S/c1-15-12-16(20-4-2-3-5-21(20)28-15)14-27-17-6-8-18(9-7-17)29-24-26-11-10-19(30-24)13-22-23(32)31-25(33)34-22/h2-5,10-13,17-18,27H,6-9,14H2,1H3,(H,26,29,30)(H,31,32,33). The molecule has 1 saturated carbocycles. The lowest BCUT2D eigenvalue weighted by molar-refractivity contribution is -0.115. The molecule has 9 heteroatoms. The number of carbonyl (C=O) groups is 2. The number of benzene rings is 1. The van der Waals surface area contributed by atoms with E-state index in [0.717, 1.165) is 55.2 Å². The molecule has 1 saturated heterocycles. The second kappa shape index (κ2) is 9.90. The highest BCUT2D eigenvalue weighted by Gasteiger charge is 2.25. The molecule has 0 spiro atoms. The van der Waals surface area contributed by atoms with Crippen molar-refractivity contribution in [2.75, 3.05) is 5.32 Å². The number of nitrogens with zero attached hydrogens (tertiary/aromatic N) is 3. The summed E-state index contributed by atoms with van der Waals surface area (Å²) in [6.07, 6.45) is 7.47. The summed E-state index contributed by atoms with van der Waals surface area (Å²) in [7, 11) is 0. The molecule has 3 aromatic rings. The lowest BCUT2D eigenvalue weighted by Crippen LogP contribution is -2.37. The molecule has 2 amide bonds. The monoisotopic (exact) mass is 474 g/mol. The summed E-state index contributed by atoms with van der Waals surface area (Å²) in [6, 6.07) is 13.0. The zero-order valence-corrected chi connectivity index (χ0v) is 19.7. The average Bonchev–Trinajstić information content (AvgIpc) is 3.14. The number of hydrogen-bond acceptors (Lipinski definition) is 8. The zero-order valence-electron chi connectivity index (χ0n) is 18.9. The minimum atomic E-state index is -0.385. The lowest BCUT2D eigenvalue weighted by atomic mass is 9.91. The number of amides is 2. The van der Waals surface area contributed by atoms with E-state index < -0.39 is 0 Å². The number of hydrogen-bond donors (Lipinski definition) is 3. The van der Waals surface area contributed by atoms with Crippen LogP contribution >= 0.6 is 11.8 Å². The molecule has 0 unspecified atom stereocenters. The Morgan fingerprint density at radius 1 is 1.09 bits per heavy atom. The zero-order chi connectivity index (χ0) is 23.5. The van der Waals surface area contributed by atoms with Gasteiger partial charge in [0, 0.05) is 35.9 Å². The predicted molar refractivity (Wildman–Crippen MR) is 134 cm³/mol. The molecule has 1 aromatic carbocycles. The van der Waals surface area contributed by atoms with Crippen LogP contribution in [0.4, 0.5) is 10.7 Å². The Morgan fingerprint density at radius 3 is 2.68 bits per heavy atom. The summed E-state index contributed by atoms with van der Waals surface area (Å²) >= 11 is 0.885. The van der Waals surface area contributed by atoms with Gasteiger partial charge in [-0.05, 0) is 74.2 Å². The maximum atomic E-state index is 11.8. The SMILES string of the molecule is Cc1cc(CNC2CCC(Nc3nccc(C=C4SC(=O)NC4=O)n3)CC2)c2ccccc2n1. The summed E-state index contributed by atoms with van der Waals surface area (Å²) in [6.45, 7) is 2.88. The van der Waals surface area contributed by atoms with E-state index in [1.807, 2.05) is 13.0 Å². The van der Waals surface area contributed by atoms with Gasteiger partial charge >= 0.3 is 0 Å². The van der Waals surface area contributed by atoms with Crippen molar-refractivity contribution in [2.45, 2.75) is 51.2 Å². The van der Waals surface area contributed by atoms with Gasteiger partial charge in [0.1, 0.15) is 0 Å². The van der Waals surface area contributed by atoms with Gasteiger partial charge in [-0.25, -0.2) is 9.97 Å². The van der Waals surface area contributed by atoms with Gasteiger partial charge in [-0.3, -0.25) is 19.9 Å². The first-order chi connectivity index (χ1) is 16.5. The van der Waals surface area contributed by atoms with E-state index >= 15 is 0 Å². The molecule has 5 rings (SSSR count). The van der Waals surface area contributed by atoms with E-state index in [1.165, 1.54) is 10.9 Å². The molecular weight excluding hydrogens is 448 g/mol. The van der Waals surface area contributed by atoms with Crippen molar-refractivity contribution < 1.29 is 9.59 Å². The molecule has 8 nitrogen and oxygen atoms in total. The summed E-state index contributed by atoms with van der Waals surface area (Å²) in [5.41, 5.74) is 3.97. The molecule has 3 heterocycles. The van der Waals surface area contributed by atoms with Gasteiger partial charge in [-0.15, -0.1) is 0 Å². The third-order valence-electron chi connectivity index (χ3n) is 6.17. The van der Waals surface area contributed by atoms with Crippen LogP contribution < -0.4 is 16.0 Å². The number of carbonyl (C=O) groups excluding carboxylic acids is 2. The van der Waals surface area contributed by atoms with Crippen LogP contribution in [0.2, 0.25) is 0 Å². The number of aromatic nitrogens is 3. The number of para-hydroxylation sites is 1. The average molecular weight is 475 g/mol. The number of anilines is 1. The molecule has 2 aromatic heterocycles. The fraction of sp³-hybridized carbons (Fsp3) is 0.320. The maximum absolute atomic E-state index is 11.8. The lowest BCUT2D eigenvalue weighted by Gasteiger charge is -2.30. The second-order valence-electron chi connectivity index (χ2n) is 8.67. The van der Waals surface area contributed by atoms with Crippen LogP contribution in [0.3, 0.4) is 0 Å². The van der Waals surface area contributed by atoms with Gasteiger partial charge in [0.2, 0.25) is 5.95 Å². The molecule has 3 N–H and O–H groups in total. The van der Waals surface area contributed by atoms with E-state index in [2.05, 4.69) is 55.2 Å². The van der Waals surface area contributed by atoms with Crippen molar-refractivity contribution in [3.63, 3.8) is 0 Å². The molecule has 0 radical (unpaired) electrons. The Kier molecular flexibility index (Phi) is 6.55. The van der Waals surface area contributed by atoms with Crippen molar-refractivity contribution in [2.24, 2.45) is 0 Å². The van der Waals surface area contributed by atoms with Gasteiger partial charge in [0.15, 0.2) is 0 Å². The van der Waals surface area contributed by atoms with Gasteiger partial charge < -0.3 is 10.6 Å². The summed E-state index contributed by atoms with van der Waals surface area (Å²) in [5.74, 6) is 0.156. The molecule has 0 bridgehead atoms. The Morgan fingerprint density at radius 2 is 1.88 bits per heavy atom. The second-order valence-corrected chi connectivity index (χ2v) is 9.69. The van der Waals surface area contributed by atoms with Crippen LogP contribution in [-0.4, -0.2) is 38.2 Å². The number of nitrogens with one attached hydrogen (secondary N) is 3. The van der Waals surface area contributed by atoms with Gasteiger partial charge in [-0.2, -0.15) is 0 Å². The van der Waals surface area contributed by atoms with Crippen LogP contribution in [0.5, 0.6) is 0 Å². The van der Waals surface area contributed by atoms with Crippen molar-refractivity contribution in [1.82, 2.24) is 25.6 Å². The first-order valence-corrected chi connectivity index (χ1v) is 12.3. The number of fused-ring (bicyclic) bond motifs is 1. The number of aryl methyl sites for hydroxylation is 1. The summed E-state index contributed by atoms with van der Waals surface area (Å²) < 4.78 is 0. The highest BCUT2D eigenvalue weighted by molar-refractivity contribution is 8.18. The van der Waals surface area contributed by atoms with Crippen LogP contribution in [-0.2, 0) is 11.3 Å². The first kappa shape index (κ1) is 22.5. The van der Waals surface area contributed by atoms with Gasteiger partial charge in [0.25, 0.3) is 11.1 Å². The van der Waals surface area contributed by atoms with E-state index in [0.29, 0.717) is 28.6 Å². The molecule has 2 aliphatic rings. The van der Waals surface area contributed by atoms with Crippen LogP contribution in [0.1, 0.15) is 42.6 Å². The Bertz CT molecular complexity index is 1270. The topological polar surface area (TPSA) is 109 Å². The number of thioether (sulfide) groups is 1. The van der Waals surface area contributed by atoms with Crippen molar-refractivity contribution >= 4 is 45.8 Å². The first-order valence-electron chi connectivity index (χ1n) is 11.5. The highest BCUT2D eigenvalue weighted by Crippen LogP contribution is 2.26. The number of rotatable bonds is 6. The molecule has 1 aliphatic carbocycles. The highest BCUT2D eigenvalue weighted by atomic mass is 32.2. The minimum Gasteiger partial charge on any atom is -0.351 e. The Balaban J connectivity index is 1.15. The summed E-state index contributed by atoms with van der Waals surface area (Å²) in [4.78, 5) is 36.9. The minimum absolute atomic E-state index is 0.302. The van der Waals surface area contributed by atoms with Gasteiger partial charge in [-0.1, -0.05) is 18.2 Å². The Labute approximate surface area is 202 Å². The molecular formula is C25H26N6O2S. The summed E-state index contributed by atoms with van der Waals surface area (Å²) in [5, 5.41) is 10.3. The van der Waals surface area contributed by atoms with Crippen LogP contribution in [0.15, 0.2) is 47.5 Å². The smallest absolute Gasteiger partial charge is 0.290 e. The third kappa shape index (κ3) is 5.26. The van der Waals surface area contributed by atoms with E-state index in [9.17, 15) is 9.59 Å². The fourth-order valence-electron chi connectivity index (χ4n) is 4.50. The van der Waals surface area contributed by atoms with Gasteiger partial charge in [0.05, 0.1) is 16.1 Å². The van der Waals surface area contributed by atoms with Crippen LogP contribution in [0, 0.1) is 6.92 Å². The third-order valence-corrected chi connectivity index (χ3v) is 6.98. The molecule has 2 fully saturated rings. The largest absolute Gasteiger partial charge is 0.351 e. The van der Waals surface area contributed by atoms with E-state index in [1.54, 1.807) is 18.3 Å². The quantitative estimate of drug-likeness (QED) is 0.457. The van der Waals surface area contributed by atoms with Crippen molar-refractivity contribution in [1.29, 1.82) is 0 Å². The van der Waals surface area contributed by atoms with Crippen molar-refractivity contribution in [3.05, 3.63) is 64.5 Å².